The molecule has 0 bridgehead atoms. The second-order valence-corrected chi connectivity index (χ2v) is 4.91. The van der Waals surface area contributed by atoms with E-state index in [1.54, 1.807) is 0 Å². The van der Waals surface area contributed by atoms with Crippen LogP contribution in [-0.4, -0.2) is 30.6 Å². The van der Waals surface area contributed by atoms with Crippen LogP contribution in [0.15, 0.2) is 18.2 Å². The fourth-order valence-corrected chi connectivity index (χ4v) is 2.41. The van der Waals surface area contributed by atoms with Gasteiger partial charge in [-0.1, -0.05) is 11.6 Å². The molecule has 3 nitrogen and oxygen atoms in total. The zero-order valence-electron chi connectivity index (χ0n) is 10.6. The monoisotopic (exact) mass is 290 g/mol. The van der Waals surface area contributed by atoms with Gasteiger partial charge in [-0.15, -0.1) is 12.4 Å². The van der Waals surface area contributed by atoms with E-state index in [0.29, 0.717) is 12.6 Å². The topological polar surface area (TPSA) is 38.5 Å². The van der Waals surface area contributed by atoms with Crippen molar-refractivity contribution in [1.82, 2.24) is 4.90 Å². The van der Waals surface area contributed by atoms with Gasteiger partial charge in [-0.05, 0) is 31.5 Å². The summed E-state index contributed by atoms with van der Waals surface area (Å²) < 4.78 is 5.61. The van der Waals surface area contributed by atoms with Gasteiger partial charge in [0.05, 0.1) is 6.61 Å². The summed E-state index contributed by atoms with van der Waals surface area (Å²) in [4.78, 5) is 2.35. The Hall–Kier alpha value is -0.480. The van der Waals surface area contributed by atoms with Gasteiger partial charge >= 0.3 is 0 Å². The minimum atomic E-state index is 0. The van der Waals surface area contributed by atoms with Crippen LogP contribution < -0.4 is 10.5 Å². The molecular weight excluding hydrogens is 271 g/mol. The Morgan fingerprint density at radius 1 is 1.50 bits per heavy atom. The number of hydrogen-bond acceptors (Lipinski definition) is 3. The van der Waals surface area contributed by atoms with Crippen molar-refractivity contribution in [2.24, 2.45) is 5.73 Å². The molecule has 0 amide bonds. The van der Waals surface area contributed by atoms with Crippen LogP contribution in [0.3, 0.4) is 0 Å². The Kier molecular flexibility index (Phi) is 6.22. The van der Waals surface area contributed by atoms with Gasteiger partial charge in [0.25, 0.3) is 0 Å². The first-order chi connectivity index (χ1) is 8.19. The van der Waals surface area contributed by atoms with E-state index in [0.717, 1.165) is 42.4 Å². The van der Waals surface area contributed by atoms with Crippen LogP contribution in [0.1, 0.15) is 18.9 Å². The molecule has 1 heterocycles. The summed E-state index contributed by atoms with van der Waals surface area (Å²) in [6, 6.07) is 6.10. The number of rotatable bonds is 4. The van der Waals surface area contributed by atoms with E-state index in [2.05, 4.69) is 4.90 Å². The van der Waals surface area contributed by atoms with Gasteiger partial charge in [0.2, 0.25) is 0 Å². The van der Waals surface area contributed by atoms with E-state index in [4.69, 9.17) is 22.1 Å². The molecule has 1 aromatic carbocycles. The predicted molar refractivity (Wildman–Crippen MR) is 77.7 cm³/mol. The molecule has 2 N–H and O–H groups in total. The summed E-state index contributed by atoms with van der Waals surface area (Å²) in [5.41, 5.74) is 7.05. The third-order valence-electron chi connectivity index (χ3n) is 3.03. The third kappa shape index (κ3) is 4.02. The molecule has 0 saturated carbocycles. The molecule has 1 aliphatic heterocycles. The van der Waals surface area contributed by atoms with E-state index >= 15 is 0 Å². The van der Waals surface area contributed by atoms with Crippen LogP contribution in [0.5, 0.6) is 5.75 Å². The lowest BCUT2D eigenvalue weighted by atomic mass is 10.2. The highest BCUT2D eigenvalue weighted by Crippen LogP contribution is 2.25. The highest BCUT2D eigenvalue weighted by atomic mass is 35.5. The highest BCUT2D eigenvalue weighted by molar-refractivity contribution is 6.30. The van der Waals surface area contributed by atoms with Crippen LogP contribution in [-0.2, 0) is 6.54 Å². The highest BCUT2D eigenvalue weighted by Gasteiger charge is 2.20. The molecule has 1 aromatic rings. The van der Waals surface area contributed by atoms with E-state index < -0.39 is 0 Å². The minimum Gasteiger partial charge on any atom is -0.494 e. The SMILES string of the molecule is CCOc1ccc(Cl)cc1CN1CC[C@H](N)C1.Cl. The molecule has 18 heavy (non-hydrogen) atoms. The quantitative estimate of drug-likeness (QED) is 0.927. The Balaban J connectivity index is 0.00000162. The predicted octanol–water partition coefficient (Wildman–Crippen LogP) is 2.69. The molecule has 1 atom stereocenters. The molecule has 1 saturated heterocycles. The van der Waals surface area contributed by atoms with Gasteiger partial charge in [-0.25, -0.2) is 0 Å². The van der Waals surface area contributed by atoms with Gasteiger partial charge < -0.3 is 10.5 Å². The molecule has 1 fully saturated rings. The van der Waals surface area contributed by atoms with Crippen molar-refractivity contribution >= 4 is 24.0 Å². The van der Waals surface area contributed by atoms with E-state index in [1.165, 1.54) is 0 Å². The summed E-state index contributed by atoms with van der Waals surface area (Å²) in [5.74, 6) is 0.928. The molecule has 1 aliphatic rings. The van der Waals surface area contributed by atoms with Crippen molar-refractivity contribution in [2.75, 3.05) is 19.7 Å². The van der Waals surface area contributed by atoms with Crippen LogP contribution in [0, 0.1) is 0 Å². The molecule has 0 unspecified atom stereocenters. The summed E-state index contributed by atoms with van der Waals surface area (Å²) in [7, 11) is 0. The zero-order chi connectivity index (χ0) is 12.3. The van der Waals surface area contributed by atoms with Gasteiger partial charge in [-0.2, -0.15) is 0 Å². The maximum Gasteiger partial charge on any atom is 0.123 e. The first-order valence-corrected chi connectivity index (χ1v) is 6.46. The average Bonchev–Trinajstić information content (AvgIpc) is 2.68. The number of hydrogen-bond donors (Lipinski definition) is 1. The molecule has 0 aliphatic carbocycles. The molecule has 5 heteroatoms. The first kappa shape index (κ1) is 15.6. The summed E-state index contributed by atoms with van der Waals surface area (Å²) >= 11 is 6.03. The normalized spacial score (nSPS) is 19.6. The fraction of sp³-hybridized carbons (Fsp3) is 0.538. The number of ether oxygens (including phenoxy) is 1. The van der Waals surface area contributed by atoms with E-state index in [-0.39, 0.29) is 12.4 Å². The molecule has 0 aromatic heterocycles. The van der Waals surface area contributed by atoms with Crippen molar-refractivity contribution in [1.29, 1.82) is 0 Å². The van der Waals surface area contributed by atoms with Crippen molar-refractivity contribution < 1.29 is 4.74 Å². The summed E-state index contributed by atoms with van der Waals surface area (Å²) in [5, 5.41) is 0.756. The Morgan fingerprint density at radius 3 is 2.89 bits per heavy atom. The number of nitrogens with zero attached hydrogens (tertiary/aromatic N) is 1. The Bertz CT molecular complexity index is 387. The molecular formula is C13H20Cl2N2O. The lowest BCUT2D eigenvalue weighted by Gasteiger charge is -2.18. The van der Waals surface area contributed by atoms with E-state index in [1.807, 2.05) is 25.1 Å². The molecule has 2 rings (SSSR count). The second-order valence-electron chi connectivity index (χ2n) is 4.47. The molecule has 102 valence electrons. The van der Waals surface area contributed by atoms with Crippen molar-refractivity contribution in [3.63, 3.8) is 0 Å². The number of halogens is 2. The van der Waals surface area contributed by atoms with E-state index in [9.17, 15) is 0 Å². The largest absolute Gasteiger partial charge is 0.494 e. The number of likely N-dealkylation sites (tertiary alicyclic amines) is 1. The third-order valence-corrected chi connectivity index (χ3v) is 3.26. The lowest BCUT2D eigenvalue weighted by Crippen LogP contribution is -2.26. The van der Waals surface area contributed by atoms with Crippen LogP contribution in [0.4, 0.5) is 0 Å². The van der Waals surface area contributed by atoms with Gasteiger partial charge in [0, 0.05) is 36.3 Å². The van der Waals surface area contributed by atoms with Crippen molar-refractivity contribution in [3.05, 3.63) is 28.8 Å². The van der Waals surface area contributed by atoms with Crippen LogP contribution in [0.25, 0.3) is 0 Å². The maximum atomic E-state index is 6.03. The van der Waals surface area contributed by atoms with Crippen molar-refractivity contribution in [2.45, 2.75) is 25.9 Å². The fourth-order valence-electron chi connectivity index (χ4n) is 2.22. The molecule has 0 radical (unpaired) electrons. The number of benzene rings is 1. The minimum absolute atomic E-state index is 0. The standard InChI is InChI=1S/C13H19ClN2O.ClH/c1-2-17-13-4-3-11(14)7-10(13)8-16-6-5-12(15)9-16;/h3-4,7,12H,2,5-6,8-9,15H2,1H3;1H/t12-;/m0./s1. The zero-order valence-corrected chi connectivity index (χ0v) is 12.1. The van der Waals surface area contributed by atoms with Crippen LogP contribution in [0.2, 0.25) is 5.02 Å². The van der Waals surface area contributed by atoms with Gasteiger partial charge in [0.15, 0.2) is 0 Å². The second kappa shape index (κ2) is 7.19. The van der Waals surface area contributed by atoms with Gasteiger partial charge in [0.1, 0.15) is 5.75 Å². The Labute approximate surface area is 120 Å². The maximum absolute atomic E-state index is 6.03. The van der Waals surface area contributed by atoms with Gasteiger partial charge in [-0.3, -0.25) is 4.90 Å². The summed E-state index contributed by atoms with van der Waals surface area (Å²) in [6.07, 6.45) is 1.07. The molecule has 0 spiro atoms. The lowest BCUT2D eigenvalue weighted by molar-refractivity contribution is 0.302. The van der Waals surface area contributed by atoms with Crippen LogP contribution >= 0.6 is 24.0 Å². The first-order valence-electron chi connectivity index (χ1n) is 6.08. The summed E-state index contributed by atoms with van der Waals surface area (Å²) in [6.45, 7) is 5.54. The smallest absolute Gasteiger partial charge is 0.123 e. The van der Waals surface area contributed by atoms with Crippen molar-refractivity contribution in [3.8, 4) is 5.75 Å². The average molecular weight is 291 g/mol. The number of nitrogens with two attached hydrogens (primary N) is 1. The Morgan fingerprint density at radius 2 is 2.28 bits per heavy atom.